The molecular formula is C33H37N5OS. The molecule has 2 saturated heterocycles. The third-order valence-corrected chi connectivity index (χ3v) is 8.56. The Hall–Kier alpha value is -3.68. The summed E-state index contributed by atoms with van der Waals surface area (Å²) in [5, 5.41) is 4.34. The summed E-state index contributed by atoms with van der Waals surface area (Å²) in [6, 6.07) is 21.6. The number of morpholine rings is 1. The Morgan fingerprint density at radius 1 is 0.875 bits per heavy atom. The second kappa shape index (κ2) is 10.7. The molecule has 6 rings (SSSR count). The molecule has 206 valence electrons. The van der Waals surface area contributed by atoms with Crippen molar-refractivity contribution in [2.24, 2.45) is 0 Å². The van der Waals surface area contributed by atoms with Crippen molar-refractivity contribution in [3.8, 4) is 5.69 Å². The zero-order chi connectivity index (χ0) is 28.0. The van der Waals surface area contributed by atoms with E-state index in [1.54, 1.807) is 0 Å². The Morgan fingerprint density at radius 3 is 2.20 bits per heavy atom. The normalized spacial score (nSPS) is 19.3. The molecule has 7 heteroatoms. The average Bonchev–Trinajstić information content (AvgIpc) is 3.44. The van der Waals surface area contributed by atoms with Gasteiger partial charge in [0.25, 0.3) is 0 Å². The number of aryl methyl sites for hydroxylation is 4. The molecule has 2 fully saturated rings. The summed E-state index contributed by atoms with van der Waals surface area (Å²) in [4.78, 5) is 9.41. The smallest absolute Gasteiger partial charge is 0.174 e. The highest BCUT2D eigenvalue weighted by Gasteiger charge is 2.42. The zero-order valence-corrected chi connectivity index (χ0v) is 24.8. The average molecular weight is 552 g/mol. The summed E-state index contributed by atoms with van der Waals surface area (Å²) in [6.45, 7) is 14.4. The standard InChI is InChI=1S/C33H37N5OS/c1-21-18-22(2)31(23(3)19-21)37-24(4)20-28(25(37)5)32-30(29-8-6-7-13-34-29)35-33(40)38(32)27-11-9-26(10-12-27)36-14-16-39-17-15-36/h6-13,18-20,30,32H,14-17H2,1-5H3,(H,35,40)/t30-,32-/m1/s1. The van der Waals surface area contributed by atoms with Gasteiger partial charge in [0, 0.05) is 42.0 Å². The maximum atomic E-state index is 6.02. The van der Waals surface area contributed by atoms with Gasteiger partial charge in [0.15, 0.2) is 5.11 Å². The van der Waals surface area contributed by atoms with Crippen molar-refractivity contribution >= 4 is 28.7 Å². The molecule has 0 amide bonds. The first-order valence-electron chi connectivity index (χ1n) is 14.0. The van der Waals surface area contributed by atoms with Crippen LogP contribution >= 0.6 is 12.2 Å². The second-order valence-electron chi connectivity index (χ2n) is 11.0. The Bertz CT molecular complexity index is 1520. The molecule has 4 aromatic rings. The van der Waals surface area contributed by atoms with Gasteiger partial charge in [-0.15, -0.1) is 0 Å². The largest absolute Gasteiger partial charge is 0.378 e. The van der Waals surface area contributed by atoms with Crippen molar-refractivity contribution in [2.75, 3.05) is 36.1 Å². The Labute approximate surface area is 242 Å². The quantitative estimate of drug-likeness (QED) is 0.289. The maximum Gasteiger partial charge on any atom is 0.174 e. The summed E-state index contributed by atoms with van der Waals surface area (Å²) < 4.78 is 7.96. The highest BCUT2D eigenvalue weighted by atomic mass is 32.1. The molecule has 2 aromatic heterocycles. The molecule has 0 bridgehead atoms. The highest BCUT2D eigenvalue weighted by molar-refractivity contribution is 7.80. The van der Waals surface area contributed by atoms with Crippen LogP contribution in [-0.2, 0) is 4.74 Å². The molecule has 2 aliphatic heterocycles. The van der Waals surface area contributed by atoms with E-state index in [4.69, 9.17) is 21.9 Å². The van der Waals surface area contributed by atoms with Crippen LogP contribution in [0.5, 0.6) is 0 Å². The predicted octanol–water partition coefficient (Wildman–Crippen LogP) is 6.43. The van der Waals surface area contributed by atoms with E-state index in [1.165, 1.54) is 45.0 Å². The zero-order valence-electron chi connectivity index (χ0n) is 23.9. The van der Waals surface area contributed by atoms with Crippen molar-refractivity contribution in [3.05, 3.63) is 106 Å². The number of benzene rings is 2. The first kappa shape index (κ1) is 26.5. The molecule has 40 heavy (non-hydrogen) atoms. The van der Waals surface area contributed by atoms with Gasteiger partial charge < -0.3 is 24.4 Å². The van der Waals surface area contributed by atoms with Crippen molar-refractivity contribution in [2.45, 2.75) is 46.7 Å². The summed E-state index contributed by atoms with van der Waals surface area (Å²) >= 11 is 6.02. The molecule has 6 nitrogen and oxygen atoms in total. The van der Waals surface area contributed by atoms with Crippen molar-refractivity contribution in [3.63, 3.8) is 0 Å². The van der Waals surface area contributed by atoms with E-state index in [0.717, 1.165) is 37.7 Å². The van der Waals surface area contributed by atoms with E-state index in [2.05, 4.69) is 103 Å². The number of pyridine rings is 1. The van der Waals surface area contributed by atoms with Crippen LogP contribution in [0.25, 0.3) is 5.69 Å². The van der Waals surface area contributed by atoms with Crippen LogP contribution in [-0.4, -0.2) is 41.0 Å². The molecule has 4 heterocycles. The van der Waals surface area contributed by atoms with Gasteiger partial charge in [-0.25, -0.2) is 0 Å². The lowest BCUT2D eigenvalue weighted by atomic mass is 9.96. The summed E-state index contributed by atoms with van der Waals surface area (Å²) in [6.07, 6.45) is 1.86. The highest BCUT2D eigenvalue weighted by Crippen LogP contribution is 2.44. The van der Waals surface area contributed by atoms with Gasteiger partial charge in [-0.2, -0.15) is 0 Å². The Morgan fingerprint density at radius 2 is 1.55 bits per heavy atom. The van der Waals surface area contributed by atoms with Gasteiger partial charge in [-0.3, -0.25) is 4.98 Å². The predicted molar refractivity (Wildman–Crippen MR) is 167 cm³/mol. The fourth-order valence-corrected chi connectivity index (χ4v) is 6.90. The van der Waals surface area contributed by atoms with Gasteiger partial charge in [0.2, 0.25) is 0 Å². The molecule has 2 aliphatic rings. The molecule has 0 aliphatic carbocycles. The lowest BCUT2D eigenvalue weighted by Crippen LogP contribution is -2.36. The SMILES string of the molecule is Cc1cc(C)c(-n2c(C)cc([C@@H]3[C@@H](c4ccccn4)NC(=S)N3c3ccc(N4CCOCC4)cc3)c2C)c(C)c1. The minimum Gasteiger partial charge on any atom is -0.378 e. The number of hydrogen-bond acceptors (Lipinski definition) is 4. The topological polar surface area (TPSA) is 45.6 Å². The Kier molecular flexibility index (Phi) is 7.11. The third kappa shape index (κ3) is 4.67. The second-order valence-corrected chi connectivity index (χ2v) is 11.4. The molecule has 2 atom stereocenters. The lowest BCUT2D eigenvalue weighted by Gasteiger charge is -2.31. The van der Waals surface area contributed by atoms with Gasteiger partial charge in [-0.1, -0.05) is 23.8 Å². The third-order valence-electron chi connectivity index (χ3n) is 8.25. The van der Waals surface area contributed by atoms with E-state index in [1.807, 2.05) is 18.3 Å². The van der Waals surface area contributed by atoms with Crippen molar-refractivity contribution in [1.29, 1.82) is 0 Å². The van der Waals surface area contributed by atoms with Gasteiger partial charge >= 0.3 is 0 Å². The summed E-state index contributed by atoms with van der Waals surface area (Å²) in [5.74, 6) is 0. The molecule has 0 spiro atoms. The first-order valence-corrected chi connectivity index (χ1v) is 14.4. The van der Waals surface area contributed by atoms with Crippen molar-refractivity contribution < 1.29 is 4.74 Å². The van der Waals surface area contributed by atoms with Crippen LogP contribution in [0, 0.1) is 34.6 Å². The number of rotatable bonds is 5. The van der Waals surface area contributed by atoms with Gasteiger partial charge in [-0.05, 0) is 106 Å². The number of nitrogens with one attached hydrogen (secondary N) is 1. The first-order chi connectivity index (χ1) is 19.3. The van der Waals surface area contributed by atoms with E-state index >= 15 is 0 Å². The molecule has 1 N–H and O–H groups in total. The fraction of sp³-hybridized carbons (Fsp3) is 0.333. The van der Waals surface area contributed by atoms with Gasteiger partial charge in [0.1, 0.15) is 0 Å². The van der Waals surface area contributed by atoms with Crippen LogP contribution in [0.1, 0.15) is 51.4 Å². The number of ether oxygens (including phenoxy) is 1. The molecular weight excluding hydrogens is 514 g/mol. The van der Waals surface area contributed by atoms with Crippen LogP contribution in [0.4, 0.5) is 11.4 Å². The number of anilines is 2. The number of hydrogen-bond donors (Lipinski definition) is 1. The molecule has 0 radical (unpaired) electrons. The fourth-order valence-electron chi connectivity index (χ4n) is 6.55. The summed E-state index contributed by atoms with van der Waals surface area (Å²) in [5.41, 5.74) is 12.1. The molecule has 0 unspecified atom stereocenters. The van der Waals surface area contributed by atoms with E-state index < -0.39 is 0 Å². The Balaban J connectivity index is 1.46. The minimum absolute atomic E-state index is 0.0531. The molecule has 0 saturated carbocycles. The van der Waals surface area contributed by atoms with Crippen LogP contribution < -0.4 is 15.1 Å². The van der Waals surface area contributed by atoms with E-state index in [-0.39, 0.29) is 12.1 Å². The van der Waals surface area contributed by atoms with Gasteiger partial charge in [0.05, 0.1) is 36.7 Å². The number of thiocarbonyl (C=S) groups is 1. The monoisotopic (exact) mass is 551 g/mol. The number of nitrogens with zero attached hydrogens (tertiary/aromatic N) is 4. The minimum atomic E-state index is -0.0817. The lowest BCUT2D eigenvalue weighted by molar-refractivity contribution is 0.122. The number of aromatic nitrogens is 2. The van der Waals surface area contributed by atoms with E-state index in [9.17, 15) is 0 Å². The van der Waals surface area contributed by atoms with Crippen LogP contribution in [0.2, 0.25) is 0 Å². The summed E-state index contributed by atoms with van der Waals surface area (Å²) in [7, 11) is 0. The maximum absolute atomic E-state index is 6.02. The van der Waals surface area contributed by atoms with Crippen LogP contribution in [0.3, 0.4) is 0 Å². The molecule has 2 aromatic carbocycles. The van der Waals surface area contributed by atoms with Crippen molar-refractivity contribution in [1.82, 2.24) is 14.9 Å². The van der Waals surface area contributed by atoms with Crippen LogP contribution in [0.15, 0.2) is 66.9 Å². The van der Waals surface area contributed by atoms with E-state index in [0.29, 0.717) is 5.11 Å².